The Morgan fingerprint density at radius 1 is 1.20 bits per heavy atom. The second-order valence-corrected chi connectivity index (χ2v) is 7.56. The van der Waals surface area contributed by atoms with E-state index in [1.807, 2.05) is 19.9 Å². The minimum absolute atomic E-state index is 0.0313. The summed E-state index contributed by atoms with van der Waals surface area (Å²) >= 11 is 0. The first kappa shape index (κ1) is 19.7. The summed E-state index contributed by atoms with van der Waals surface area (Å²) in [6, 6.07) is 10.5. The summed E-state index contributed by atoms with van der Waals surface area (Å²) in [5.41, 5.74) is 0.447. The van der Waals surface area contributed by atoms with Crippen molar-refractivity contribution in [3.05, 3.63) is 30.3 Å². The zero-order chi connectivity index (χ0) is 18.3. The molecule has 1 atom stereocenters. The summed E-state index contributed by atoms with van der Waals surface area (Å²) in [6.45, 7) is 11.1. The van der Waals surface area contributed by atoms with Gasteiger partial charge < -0.3 is 15.3 Å². The van der Waals surface area contributed by atoms with Crippen LogP contribution >= 0.6 is 0 Å². The number of carbonyl (C=O) groups excluding carboxylic acids is 1. The summed E-state index contributed by atoms with van der Waals surface area (Å²) in [5.74, 6) is 0.151. The number of hydrogen-bond acceptors (Lipinski definition) is 4. The monoisotopic (exact) mass is 347 g/mol. The van der Waals surface area contributed by atoms with Gasteiger partial charge in [-0.15, -0.1) is 0 Å². The molecule has 5 nitrogen and oxygen atoms in total. The second kappa shape index (κ2) is 9.20. The van der Waals surface area contributed by atoms with Crippen molar-refractivity contribution < 1.29 is 9.90 Å². The van der Waals surface area contributed by atoms with E-state index in [0.29, 0.717) is 13.0 Å². The number of para-hydroxylation sites is 1. The fourth-order valence-corrected chi connectivity index (χ4v) is 2.90. The minimum atomic E-state index is -0.844. The lowest BCUT2D eigenvalue weighted by atomic mass is 9.92. The van der Waals surface area contributed by atoms with Crippen molar-refractivity contribution >= 4 is 11.6 Å². The molecule has 2 N–H and O–H groups in total. The number of hydrogen-bond donors (Lipinski definition) is 2. The third-order valence-corrected chi connectivity index (χ3v) is 5.26. The Kier molecular flexibility index (Phi) is 7.26. The molecule has 1 fully saturated rings. The van der Waals surface area contributed by atoms with Crippen LogP contribution in [0.25, 0.3) is 0 Å². The van der Waals surface area contributed by atoms with Gasteiger partial charge in [0.05, 0.1) is 5.60 Å². The Morgan fingerprint density at radius 3 is 2.44 bits per heavy atom. The van der Waals surface area contributed by atoms with Gasteiger partial charge in [0.25, 0.3) is 0 Å². The van der Waals surface area contributed by atoms with Gasteiger partial charge in [-0.2, -0.15) is 0 Å². The lowest BCUT2D eigenvalue weighted by Crippen LogP contribution is -2.47. The zero-order valence-electron chi connectivity index (χ0n) is 15.9. The van der Waals surface area contributed by atoms with Gasteiger partial charge in [-0.05, 0) is 37.9 Å². The molecule has 140 valence electrons. The van der Waals surface area contributed by atoms with Crippen LogP contribution in [0.3, 0.4) is 0 Å². The highest BCUT2D eigenvalue weighted by atomic mass is 16.3. The smallest absolute Gasteiger partial charge is 0.220 e. The van der Waals surface area contributed by atoms with Crippen molar-refractivity contribution in [1.29, 1.82) is 0 Å². The summed E-state index contributed by atoms with van der Waals surface area (Å²) in [4.78, 5) is 16.8. The third kappa shape index (κ3) is 6.33. The number of nitrogens with one attached hydrogen (secondary N) is 1. The van der Waals surface area contributed by atoms with Crippen LogP contribution in [0.5, 0.6) is 0 Å². The van der Waals surface area contributed by atoms with Gasteiger partial charge in [-0.3, -0.25) is 9.69 Å². The van der Waals surface area contributed by atoms with Crippen molar-refractivity contribution in [3.8, 4) is 0 Å². The number of rotatable bonds is 8. The molecule has 1 amide bonds. The first-order valence-corrected chi connectivity index (χ1v) is 9.40. The van der Waals surface area contributed by atoms with E-state index in [9.17, 15) is 9.90 Å². The van der Waals surface area contributed by atoms with Crippen LogP contribution < -0.4 is 10.2 Å². The van der Waals surface area contributed by atoms with E-state index in [-0.39, 0.29) is 11.8 Å². The predicted octanol–water partition coefficient (Wildman–Crippen LogP) is 2.11. The topological polar surface area (TPSA) is 55.8 Å². The molecule has 0 aromatic heterocycles. The maximum absolute atomic E-state index is 11.9. The van der Waals surface area contributed by atoms with E-state index in [4.69, 9.17) is 0 Å². The Bertz CT molecular complexity index is 523. The van der Waals surface area contributed by atoms with Gasteiger partial charge in [0, 0.05) is 44.8 Å². The molecule has 1 heterocycles. The molecule has 0 spiro atoms. The molecule has 1 aliphatic rings. The van der Waals surface area contributed by atoms with E-state index in [2.05, 4.69) is 39.4 Å². The van der Waals surface area contributed by atoms with Crippen LogP contribution in [0.2, 0.25) is 0 Å². The molecule has 1 saturated heterocycles. The van der Waals surface area contributed by atoms with Crippen LogP contribution in [0.1, 0.15) is 33.6 Å². The molecule has 5 heteroatoms. The molecule has 1 aromatic carbocycles. The number of nitrogens with zero attached hydrogens (tertiary/aromatic N) is 2. The number of carbonyl (C=O) groups is 1. The number of benzene rings is 1. The normalized spacial score (nSPS) is 18.2. The van der Waals surface area contributed by atoms with E-state index in [0.717, 1.165) is 39.1 Å². The molecule has 2 rings (SSSR count). The molecule has 25 heavy (non-hydrogen) atoms. The Hall–Kier alpha value is -1.59. The van der Waals surface area contributed by atoms with Crippen molar-refractivity contribution in [2.75, 3.05) is 44.2 Å². The molecule has 0 bridgehead atoms. The van der Waals surface area contributed by atoms with Gasteiger partial charge in [-0.25, -0.2) is 0 Å². The quantitative estimate of drug-likeness (QED) is 0.756. The Balaban J connectivity index is 1.61. The molecule has 0 radical (unpaired) electrons. The van der Waals surface area contributed by atoms with Gasteiger partial charge in [0.2, 0.25) is 5.91 Å². The fourth-order valence-electron chi connectivity index (χ4n) is 2.90. The number of piperazine rings is 1. The number of anilines is 1. The second-order valence-electron chi connectivity index (χ2n) is 7.56. The van der Waals surface area contributed by atoms with Gasteiger partial charge in [0.15, 0.2) is 0 Å². The lowest BCUT2D eigenvalue weighted by molar-refractivity contribution is -0.122. The number of amides is 1. The first-order chi connectivity index (χ1) is 11.9. The largest absolute Gasteiger partial charge is 0.388 e. The van der Waals surface area contributed by atoms with Crippen LogP contribution in [0.4, 0.5) is 5.69 Å². The van der Waals surface area contributed by atoms with Crippen molar-refractivity contribution in [3.63, 3.8) is 0 Å². The summed E-state index contributed by atoms with van der Waals surface area (Å²) in [5, 5.41) is 13.0. The van der Waals surface area contributed by atoms with Crippen LogP contribution in [-0.2, 0) is 4.79 Å². The first-order valence-electron chi connectivity index (χ1n) is 9.40. The van der Waals surface area contributed by atoms with E-state index in [1.165, 1.54) is 5.69 Å². The van der Waals surface area contributed by atoms with Crippen LogP contribution in [0, 0.1) is 5.92 Å². The maximum atomic E-state index is 11.9. The summed E-state index contributed by atoms with van der Waals surface area (Å²) in [7, 11) is 0. The highest BCUT2D eigenvalue weighted by molar-refractivity contribution is 5.75. The maximum Gasteiger partial charge on any atom is 0.220 e. The third-order valence-electron chi connectivity index (χ3n) is 5.26. The molecule has 1 aliphatic heterocycles. The Labute approximate surface area is 152 Å². The molecule has 0 saturated carbocycles. The zero-order valence-corrected chi connectivity index (χ0v) is 15.9. The van der Waals surface area contributed by atoms with E-state index < -0.39 is 5.60 Å². The van der Waals surface area contributed by atoms with Crippen LogP contribution in [-0.4, -0.2) is 60.8 Å². The van der Waals surface area contributed by atoms with Gasteiger partial charge >= 0.3 is 0 Å². The Morgan fingerprint density at radius 2 is 1.84 bits per heavy atom. The average molecular weight is 348 g/mol. The standard InChI is InChI=1S/C20H33N3O2/c1-17(2)20(3,25)16-21-19(24)10-7-11-22-12-14-23(15-13-22)18-8-5-4-6-9-18/h4-6,8-9,17,25H,7,10-16H2,1-3H3,(H,21,24). The van der Waals surface area contributed by atoms with Crippen molar-refractivity contribution in [2.24, 2.45) is 5.92 Å². The predicted molar refractivity (Wildman–Crippen MR) is 103 cm³/mol. The van der Waals surface area contributed by atoms with E-state index >= 15 is 0 Å². The SMILES string of the molecule is CC(C)C(C)(O)CNC(=O)CCCN1CCN(c2ccccc2)CC1. The summed E-state index contributed by atoms with van der Waals surface area (Å²) < 4.78 is 0. The molecule has 1 unspecified atom stereocenters. The molecule has 1 aromatic rings. The highest BCUT2D eigenvalue weighted by Crippen LogP contribution is 2.16. The molecular formula is C20H33N3O2. The minimum Gasteiger partial charge on any atom is -0.388 e. The highest BCUT2D eigenvalue weighted by Gasteiger charge is 2.25. The molecule has 0 aliphatic carbocycles. The van der Waals surface area contributed by atoms with Crippen molar-refractivity contribution in [2.45, 2.75) is 39.2 Å². The fraction of sp³-hybridized carbons (Fsp3) is 0.650. The van der Waals surface area contributed by atoms with Crippen LogP contribution in [0.15, 0.2) is 30.3 Å². The van der Waals surface area contributed by atoms with E-state index in [1.54, 1.807) is 6.92 Å². The van der Waals surface area contributed by atoms with Crippen molar-refractivity contribution in [1.82, 2.24) is 10.2 Å². The van der Waals surface area contributed by atoms with Gasteiger partial charge in [0.1, 0.15) is 0 Å². The summed E-state index contributed by atoms with van der Waals surface area (Å²) in [6.07, 6.45) is 1.38. The number of aliphatic hydroxyl groups is 1. The van der Waals surface area contributed by atoms with Gasteiger partial charge in [-0.1, -0.05) is 32.0 Å². The lowest BCUT2D eigenvalue weighted by Gasteiger charge is -2.36. The molecular weight excluding hydrogens is 314 g/mol. The average Bonchev–Trinajstić information content (AvgIpc) is 2.61.